The maximum Gasteiger partial charge on any atom is 0.0954 e. The number of para-hydroxylation sites is 2. The van der Waals surface area contributed by atoms with Crippen molar-refractivity contribution in [3.8, 4) is 0 Å². The molecule has 2 aromatic rings. The Bertz CT molecular complexity index is 643. The molecule has 0 fully saturated rings. The topological polar surface area (TPSA) is 15.7 Å². The first-order valence-electron chi connectivity index (χ1n) is 7.86. The molecule has 122 valence electrons. The summed E-state index contributed by atoms with van der Waals surface area (Å²) in [4.78, 5) is 7.18. The predicted octanol–water partition coefficient (Wildman–Crippen LogP) is 4.26. The van der Waals surface area contributed by atoms with Gasteiger partial charge >= 0.3 is 0 Å². The summed E-state index contributed by atoms with van der Waals surface area (Å²) in [6, 6.07) is 17.2. The number of ether oxygens (including phenoxy) is 1. The second-order valence-electron chi connectivity index (χ2n) is 6.52. The lowest BCUT2D eigenvalue weighted by Gasteiger charge is -2.40. The maximum absolute atomic E-state index is 5.89. The number of benzene rings is 2. The zero-order valence-corrected chi connectivity index (χ0v) is 15.1. The predicted molar refractivity (Wildman–Crippen MR) is 98.0 cm³/mol. The minimum absolute atomic E-state index is 0.244. The highest BCUT2D eigenvalue weighted by Gasteiger charge is 2.32. The fourth-order valence-corrected chi connectivity index (χ4v) is 4.23. The van der Waals surface area contributed by atoms with Crippen LogP contribution < -0.4 is 4.90 Å². The van der Waals surface area contributed by atoms with Crippen LogP contribution in [-0.2, 0) is 4.74 Å². The molecule has 0 aliphatic carbocycles. The van der Waals surface area contributed by atoms with Gasteiger partial charge in [0.2, 0.25) is 0 Å². The molecule has 0 saturated carbocycles. The molecule has 0 bridgehead atoms. The molecular weight excluding hydrogens is 304 g/mol. The Morgan fingerprint density at radius 3 is 2.00 bits per heavy atom. The number of likely N-dealkylation sites (N-methyl/N-ethyl adjacent to an activating group) is 1. The number of fused-ring (bicyclic) bond motifs is 2. The lowest BCUT2D eigenvalue weighted by atomic mass is 10.0. The van der Waals surface area contributed by atoms with Crippen LogP contribution in [0.2, 0.25) is 0 Å². The van der Waals surface area contributed by atoms with Crippen molar-refractivity contribution in [2.45, 2.75) is 22.3 Å². The van der Waals surface area contributed by atoms with Crippen LogP contribution >= 0.6 is 11.8 Å². The molecule has 0 saturated heterocycles. The molecule has 1 unspecified atom stereocenters. The van der Waals surface area contributed by atoms with E-state index in [0.717, 1.165) is 13.1 Å². The van der Waals surface area contributed by atoms with Crippen molar-refractivity contribution in [1.82, 2.24) is 4.90 Å². The molecule has 0 aromatic heterocycles. The highest BCUT2D eigenvalue weighted by molar-refractivity contribution is 7.99. The van der Waals surface area contributed by atoms with E-state index in [9.17, 15) is 0 Å². The molecule has 3 nitrogen and oxygen atoms in total. The summed E-state index contributed by atoms with van der Waals surface area (Å²) in [7, 11) is 5.98. The Hall–Kier alpha value is -1.49. The molecule has 23 heavy (non-hydrogen) atoms. The summed E-state index contributed by atoms with van der Waals surface area (Å²) in [6.07, 6.45) is 0. The molecule has 0 radical (unpaired) electrons. The number of methoxy groups -OCH3 is 1. The van der Waals surface area contributed by atoms with E-state index < -0.39 is 0 Å². The molecule has 4 heteroatoms. The smallest absolute Gasteiger partial charge is 0.0954 e. The van der Waals surface area contributed by atoms with E-state index in [0.29, 0.717) is 0 Å². The van der Waals surface area contributed by atoms with Crippen LogP contribution in [0.5, 0.6) is 0 Å². The normalized spacial score (nSPS) is 16.0. The maximum atomic E-state index is 5.89. The molecule has 1 aliphatic rings. The third kappa shape index (κ3) is 3.39. The summed E-state index contributed by atoms with van der Waals surface area (Å²) in [5.41, 5.74) is 2.28. The minimum Gasteiger partial charge on any atom is -0.375 e. The Kier molecular flexibility index (Phi) is 4.67. The number of rotatable bonds is 5. The highest BCUT2D eigenvalue weighted by atomic mass is 32.2. The minimum atomic E-state index is -0.244. The molecule has 0 spiro atoms. The van der Waals surface area contributed by atoms with Crippen molar-refractivity contribution in [1.29, 1.82) is 0 Å². The summed E-state index contributed by atoms with van der Waals surface area (Å²) < 4.78 is 5.89. The molecule has 0 N–H and O–H groups in total. The molecule has 1 atom stereocenters. The largest absolute Gasteiger partial charge is 0.375 e. The van der Waals surface area contributed by atoms with Gasteiger partial charge in [0.25, 0.3) is 0 Å². The Morgan fingerprint density at radius 2 is 1.52 bits per heavy atom. The first-order valence-corrected chi connectivity index (χ1v) is 8.67. The van der Waals surface area contributed by atoms with Gasteiger partial charge in [-0.2, -0.15) is 0 Å². The third-order valence-electron chi connectivity index (χ3n) is 4.17. The van der Waals surface area contributed by atoms with Gasteiger partial charge in [-0.05, 0) is 45.3 Å². The lowest BCUT2D eigenvalue weighted by Crippen LogP contribution is -2.48. The standard InChI is InChI=1S/C19H24N2OS/c1-19(22-4,13-20(2)3)14-21-15-9-5-7-11-17(15)23-18-12-8-6-10-16(18)21/h5-12H,13-14H2,1-4H3. The second-order valence-corrected chi connectivity index (χ2v) is 7.60. The number of hydrogen-bond acceptors (Lipinski definition) is 4. The summed E-state index contributed by atoms with van der Waals surface area (Å²) >= 11 is 1.84. The Balaban J connectivity index is 2.01. The van der Waals surface area contributed by atoms with E-state index in [1.807, 2.05) is 11.8 Å². The SMILES string of the molecule is COC(C)(CN(C)C)CN1c2ccccc2Sc2ccccc21. The molecule has 1 heterocycles. The van der Waals surface area contributed by atoms with Gasteiger partial charge in [0.15, 0.2) is 0 Å². The van der Waals surface area contributed by atoms with Gasteiger partial charge in [-0.15, -0.1) is 0 Å². The second kappa shape index (κ2) is 6.56. The Morgan fingerprint density at radius 1 is 1.00 bits per heavy atom. The van der Waals surface area contributed by atoms with Crippen LogP contribution in [0.25, 0.3) is 0 Å². The van der Waals surface area contributed by atoms with Crippen LogP contribution in [-0.4, -0.2) is 44.8 Å². The fraction of sp³-hybridized carbons (Fsp3) is 0.368. The van der Waals surface area contributed by atoms with E-state index >= 15 is 0 Å². The van der Waals surface area contributed by atoms with Crippen molar-refractivity contribution >= 4 is 23.1 Å². The summed E-state index contributed by atoms with van der Waals surface area (Å²) in [6.45, 7) is 3.87. The number of nitrogens with zero attached hydrogens (tertiary/aromatic N) is 2. The van der Waals surface area contributed by atoms with Crippen LogP contribution in [0.1, 0.15) is 6.92 Å². The zero-order chi connectivity index (χ0) is 16.4. The third-order valence-corrected chi connectivity index (χ3v) is 5.30. The van der Waals surface area contributed by atoms with Gasteiger partial charge in [0, 0.05) is 23.4 Å². The molecule has 2 aromatic carbocycles. The highest BCUT2D eigenvalue weighted by Crippen LogP contribution is 2.48. The summed E-state index contributed by atoms with van der Waals surface area (Å²) in [5.74, 6) is 0. The quantitative estimate of drug-likeness (QED) is 0.815. The van der Waals surface area contributed by atoms with Gasteiger partial charge in [-0.3, -0.25) is 0 Å². The zero-order valence-electron chi connectivity index (χ0n) is 14.2. The average Bonchev–Trinajstić information content (AvgIpc) is 2.54. The first-order chi connectivity index (χ1) is 11.0. The fourth-order valence-electron chi connectivity index (χ4n) is 3.13. The van der Waals surface area contributed by atoms with Crippen molar-refractivity contribution in [2.24, 2.45) is 0 Å². The number of hydrogen-bond donors (Lipinski definition) is 0. The van der Waals surface area contributed by atoms with Crippen LogP contribution in [0.3, 0.4) is 0 Å². The number of anilines is 2. The van der Waals surface area contributed by atoms with Crippen LogP contribution in [0.15, 0.2) is 58.3 Å². The van der Waals surface area contributed by atoms with Gasteiger partial charge in [0.1, 0.15) is 0 Å². The van der Waals surface area contributed by atoms with E-state index in [4.69, 9.17) is 4.74 Å². The molecular formula is C19H24N2OS. The van der Waals surface area contributed by atoms with E-state index in [1.165, 1.54) is 21.2 Å². The van der Waals surface area contributed by atoms with Crippen molar-refractivity contribution < 1.29 is 4.74 Å². The molecule has 3 rings (SSSR count). The van der Waals surface area contributed by atoms with Gasteiger partial charge in [0.05, 0.1) is 23.5 Å². The average molecular weight is 328 g/mol. The van der Waals surface area contributed by atoms with Crippen molar-refractivity contribution in [3.05, 3.63) is 48.5 Å². The van der Waals surface area contributed by atoms with E-state index in [-0.39, 0.29) is 5.60 Å². The summed E-state index contributed by atoms with van der Waals surface area (Å²) in [5, 5.41) is 0. The molecule has 0 amide bonds. The van der Waals surface area contributed by atoms with Gasteiger partial charge in [-0.25, -0.2) is 0 Å². The first kappa shape index (κ1) is 16.4. The van der Waals surface area contributed by atoms with Gasteiger partial charge < -0.3 is 14.5 Å². The molecule has 1 aliphatic heterocycles. The van der Waals surface area contributed by atoms with Crippen LogP contribution in [0.4, 0.5) is 11.4 Å². The lowest BCUT2D eigenvalue weighted by molar-refractivity contribution is -0.00523. The van der Waals surface area contributed by atoms with Gasteiger partial charge in [-0.1, -0.05) is 36.0 Å². The monoisotopic (exact) mass is 328 g/mol. The van der Waals surface area contributed by atoms with Crippen molar-refractivity contribution in [3.63, 3.8) is 0 Å². The van der Waals surface area contributed by atoms with E-state index in [1.54, 1.807) is 7.11 Å². The van der Waals surface area contributed by atoms with Crippen LogP contribution in [0, 0.1) is 0 Å². The van der Waals surface area contributed by atoms with E-state index in [2.05, 4.69) is 79.3 Å². The Labute approximate surface area is 143 Å². The van der Waals surface area contributed by atoms with Crippen molar-refractivity contribution in [2.75, 3.05) is 39.2 Å².